The highest BCUT2D eigenvalue weighted by Crippen LogP contribution is 2.20. The summed E-state index contributed by atoms with van der Waals surface area (Å²) in [6.07, 6.45) is 7.13. The predicted molar refractivity (Wildman–Crippen MR) is 86.1 cm³/mol. The van der Waals surface area contributed by atoms with Crippen LogP contribution in [0.5, 0.6) is 5.75 Å². The lowest BCUT2D eigenvalue weighted by Crippen LogP contribution is -2.38. The second kappa shape index (κ2) is 8.08. The Morgan fingerprint density at radius 2 is 2.00 bits per heavy atom. The summed E-state index contributed by atoms with van der Waals surface area (Å²) in [6, 6.07) is 7.93. The molecule has 1 fully saturated rings. The lowest BCUT2D eigenvalue weighted by atomic mass is 9.95. The van der Waals surface area contributed by atoms with E-state index in [4.69, 9.17) is 9.15 Å². The molecule has 124 valence electrons. The quantitative estimate of drug-likeness (QED) is 0.816. The zero-order valence-electron chi connectivity index (χ0n) is 13.1. The summed E-state index contributed by atoms with van der Waals surface area (Å²) in [5, 5.41) is 21.0. The molecule has 1 atom stereocenters. The van der Waals surface area contributed by atoms with Gasteiger partial charge in [0.25, 0.3) is 0 Å². The van der Waals surface area contributed by atoms with E-state index in [1.165, 1.54) is 38.5 Å². The molecule has 0 amide bonds. The minimum absolute atomic E-state index is 0.277. The molecule has 0 radical (unpaired) electrons. The number of benzene rings is 1. The van der Waals surface area contributed by atoms with Gasteiger partial charge < -0.3 is 19.6 Å². The molecular weight excluding hydrogens is 294 g/mol. The Bertz CT molecular complexity index is 565. The lowest BCUT2D eigenvalue weighted by Gasteiger charge is -2.24. The Morgan fingerprint density at radius 3 is 2.70 bits per heavy atom. The molecule has 0 spiro atoms. The summed E-state index contributed by atoms with van der Waals surface area (Å²) in [4.78, 5) is 0. The summed E-state index contributed by atoms with van der Waals surface area (Å²) in [5.41, 5.74) is 0.842. The molecule has 1 aliphatic rings. The normalized spacial score (nSPS) is 17.1. The first-order valence-corrected chi connectivity index (χ1v) is 8.22. The topological polar surface area (TPSA) is 80.4 Å². The fraction of sp³-hybridized carbons (Fsp3) is 0.529. The van der Waals surface area contributed by atoms with Crippen molar-refractivity contribution in [3.8, 4) is 17.2 Å². The monoisotopic (exact) mass is 317 g/mol. The SMILES string of the molecule is O[C@@H](CNC1CCCCC1)COc1ccc(-c2nnco2)cc1. The zero-order chi connectivity index (χ0) is 15.9. The maximum Gasteiger partial charge on any atom is 0.247 e. The van der Waals surface area contributed by atoms with Gasteiger partial charge in [-0.25, -0.2) is 0 Å². The Hall–Kier alpha value is -1.92. The summed E-state index contributed by atoms with van der Waals surface area (Å²) < 4.78 is 10.8. The number of ether oxygens (including phenoxy) is 1. The van der Waals surface area contributed by atoms with E-state index in [1.807, 2.05) is 24.3 Å². The Balaban J connectivity index is 1.40. The first kappa shape index (κ1) is 16.0. The Labute approximate surface area is 135 Å². The molecule has 1 aliphatic carbocycles. The van der Waals surface area contributed by atoms with Crippen LogP contribution in [-0.4, -0.2) is 40.6 Å². The number of hydrogen-bond acceptors (Lipinski definition) is 6. The van der Waals surface area contributed by atoms with Gasteiger partial charge in [-0.1, -0.05) is 19.3 Å². The van der Waals surface area contributed by atoms with E-state index in [9.17, 15) is 5.11 Å². The van der Waals surface area contributed by atoms with Crippen LogP contribution in [0, 0.1) is 0 Å². The number of hydrogen-bond donors (Lipinski definition) is 2. The number of aliphatic hydroxyl groups excluding tert-OH is 1. The first-order chi connectivity index (χ1) is 11.3. The minimum Gasteiger partial charge on any atom is -0.491 e. The molecule has 1 aromatic heterocycles. The fourth-order valence-electron chi connectivity index (χ4n) is 2.85. The zero-order valence-corrected chi connectivity index (χ0v) is 13.1. The average molecular weight is 317 g/mol. The number of nitrogens with one attached hydrogen (secondary N) is 1. The van der Waals surface area contributed by atoms with Gasteiger partial charge in [0.1, 0.15) is 18.5 Å². The maximum atomic E-state index is 10.0. The van der Waals surface area contributed by atoms with Crippen LogP contribution >= 0.6 is 0 Å². The van der Waals surface area contributed by atoms with Crippen molar-refractivity contribution in [1.29, 1.82) is 0 Å². The first-order valence-electron chi connectivity index (χ1n) is 8.22. The summed E-state index contributed by atoms with van der Waals surface area (Å²) in [7, 11) is 0. The van der Waals surface area contributed by atoms with Crippen molar-refractivity contribution in [2.24, 2.45) is 0 Å². The third kappa shape index (κ3) is 4.77. The highest BCUT2D eigenvalue weighted by Gasteiger charge is 2.14. The van der Waals surface area contributed by atoms with Crippen LogP contribution in [0.4, 0.5) is 0 Å². The van der Waals surface area contributed by atoms with Gasteiger partial charge in [0, 0.05) is 18.2 Å². The molecule has 1 aromatic carbocycles. The third-order valence-corrected chi connectivity index (χ3v) is 4.15. The molecule has 0 saturated heterocycles. The highest BCUT2D eigenvalue weighted by atomic mass is 16.5. The maximum absolute atomic E-state index is 10.0. The molecule has 23 heavy (non-hydrogen) atoms. The highest BCUT2D eigenvalue weighted by molar-refractivity contribution is 5.53. The van der Waals surface area contributed by atoms with Crippen molar-refractivity contribution in [2.75, 3.05) is 13.2 Å². The lowest BCUT2D eigenvalue weighted by molar-refractivity contribution is 0.102. The Kier molecular flexibility index (Phi) is 5.60. The van der Waals surface area contributed by atoms with E-state index < -0.39 is 6.10 Å². The third-order valence-electron chi connectivity index (χ3n) is 4.15. The van der Waals surface area contributed by atoms with Gasteiger partial charge in [-0.05, 0) is 37.1 Å². The van der Waals surface area contributed by atoms with Gasteiger partial charge in [0.15, 0.2) is 0 Å². The van der Waals surface area contributed by atoms with Gasteiger partial charge in [-0.3, -0.25) is 0 Å². The van der Waals surface area contributed by atoms with E-state index in [0.717, 1.165) is 5.56 Å². The van der Waals surface area contributed by atoms with E-state index in [0.29, 0.717) is 24.2 Å². The molecule has 1 heterocycles. The van der Waals surface area contributed by atoms with Crippen LogP contribution in [0.1, 0.15) is 32.1 Å². The summed E-state index contributed by atoms with van der Waals surface area (Å²) in [6.45, 7) is 0.852. The van der Waals surface area contributed by atoms with Crippen molar-refractivity contribution in [2.45, 2.75) is 44.2 Å². The van der Waals surface area contributed by atoms with Crippen molar-refractivity contribution < 1.29 is 14.3 Å². The van der Waals surface area contributed by atoms with Crippen LogP contribution in [0.3, 0.4) is 0 Å². The molecule has 3 rings (SSSR count). The molecule has 0 bridgehead atoms. The summed E-state index contributed by atoms with van der Waals surface area (Å²) in [5.74, 6) is 1.19. The van der Waals surface area contributed by atoms with Crippen LogP contribution in [0.25, 0.3) is 11.5 Å². The molecule has 0 aliphatic heterocycles. The van der Waals surface area contributed by atoms with Crippen molar-refractivity contribution in [3.63, 3.8) is 0 Å². The van der Waals surface area contributed by atoms with E-state index in [1.54, 1.807) is 0 Å². The van der Waals surface area contributed by atoms with Gasteiger partial charge in [0.05, 0.1) is 0 Å². The van der Waals surface area contributed by atoms with Crippen molar-refractivity contribution >= 4 is 0 Å². The van der Waals surface area contributed by atoms with E-state index in [2.05, 4.69) is 15.5 Å². The number of nitrogens with zero attached hydrogens (tertiary/aromatic N) is 2. The number of rotatable bonds is 7. The van der Waals surface area contributed by atoms with Gasteiger partial charge in [-0.2, -0.15) is 0 Å². The summed E-state index contributed by atoms with van der Waals surface area (Å²) >= 11 is 0. The van der Waals surface area contributed by atoms with Gasteiger partial charge in [0.2, 0.25) is 12.3 Å². The average Bonchev–Trinajstić information content (AvgIpc) is 3.14. The molecule has 2 N–H and O–H groups in total. The standard InChI is InChI=1S/C17H23N3O3/c21-15(10-18-14-4-2-1-3-5-14)11-22-16-8-6-13(7-9-16)17-20-19-12-23-17/h6-9,12,14-15,18,21H,1-5,10-11H2/t15-/m0/s1. The molecule has 6 heteroatoms. The second-order valence-corrected chi connectivity index (χ2v) is 5.98. The van der Waals surface area contributed by atoms with Crippen LogP contribution in [0.15, 0.2) is 35.1 Å². The molecular formula is C17H23N3O3. The fourth-order valence-corrected chi connectivity index (χ4v) is 2.85. The Morgan fingerprint density at radius 1 is 1.22 bits per heavy atom. The molecule has 0 unspecified atom stereocenters. The second-order valence-electron chi connectivity index (χ2n) is 5.98. The molecule has 2 aromatic rings. The van der Waals surface area contributed by atoms with Crippen LogP contribution < -0.4 is 10.1 Å². The molecule has 1 saturated carbocycles. The largest absolute Gasteiger partial charge is 0.491 e. The number of aromatic nitrogens is 2. The van der Waals surface area contributed by atoms with Crippen LogP contribution in [0.2, 0.25) is 0 Å². The van der Waals surface area contributed by atoms with Gasteiger partial charge in [-0.15, -0.1) is 10.2 Å². The molecule has 6 nitrogen and oxygen atoms in total. The van der Waals surface area contributed by atoms with Crippen LogP contribution in [-0.2, 0) is 0 Å². The van der Waals surface area contributed by atoms with Crippen molar-refractivity contribution in [3.05, 3.63) is 30.7 Å². The smallest absolute Gasteiger partial charge is 0.247 e. The van der Waals surface area contributed by atoms with Crippen molar-refractivity contribution in [1.82, 2.24) is 15.5 Å². The number of aliphatic hydroxyl groups is 1. The van der Waals surface area contributed by atoms with E-state index >= 15 is 0 Å². The van der Waals surface area contributed by atoms with Gasteiger partial charge >= 0.3 is 0 Å². The van der Waals surface area contributed by atoms with E-state index in [-0.39, 0.29) is 6.61 Å². The predicted octanol–water partition coefficient (Wildman–Crippen LogP) is 2.40. The minimum atomic E-state index is -0.507.